The van der Waals surface area contributed by atoms with Gasteiger partial charge in [0.05, 0.1) is 7.11 Å². The molecular formula is C14H12ClNO3. The number of benzene rings is 1. The zero-order chi connectivity index (χ0) is 13.7. The van der Waals surface area contributed by atoms with Crippen molar-refractivity contribution in [1.82, 2.24) is 4.98 Å². The fourth-order valence-corrected chi connectivity index (χ4v) is 1.85. The molecule has 0 aliphatic carbocycles. The molecule has 0 bridgehead atoms. The lowest BCUT2D eigenvalue weighted by Gasteiger charge is -2.12. The standard InChI is InChI=1S/C14H12ClNO3/c1-18-12-6-4-5-10(14(15)17)11(12)9-19-13-7-2-3-8-16-13/h2-8H,9H2,1H3. The molecule has 0 atom stereocenters. The Balaban J connectivity index is 2.25. The van der Waals surface area contributed by atoms with Crippen molar-refractivity contribution in [2.24, 2.45) is 0 Å². The van der Waals surface area contributed by atoms with Crippen molar-refractivity contribution < 1.29 is 14.3 Å². The monoisotopic (exact) mass is 277 g/mol. The number of nitrogens with zero attached hydrogens (tertiary/aromatic N) is 1. The number of ether oxygens (including phenoxy) is 2. The van der Waals surface area contributed by atoms with E-state index in [0.717, 1.165) is 0 Å². The number of hydrogen-bond donors (Lipinski definition) is 0. The van der Waals surface area contributed by atoms with Gasteiger partial charge in [-0.2, -0.15) is 0 Å². The number of carbonyl (C=O) groups is 1. The summed E-state index contributed by atoms with van der Waals surface area (Å²) in [6.45, 7) is 0.162. The summed E-state index contributed by atoms with van der Waals surface area (Å²) in [7, 11) is 1.53. The number of methoxy groups -OCH3 is 1. The zero-order valence-electron chi connectivity index (χ0n) is 10.3. The van der Waals surface area contributed by atoms with Crippen LogP contribution in [0.25, 0.3) is 0 Å². The van der Waals surface area contributed by atoms with Gasteiger partial charge in [-0.15, -0.1) is 0 Å². The van der Waals surface area contributed by atoms with Gasteiger partial charge in [0.2, 0.25) is 5.88 Å². The minimum absolute atomic E-state index is 0.162. The summed E-state index contributed by atoms with van der Waals surface area (Å²) in [6, 6.07) is 10.4. The van der Waals surface area contributed by atoms with Crippen LogP contribution >= 0.6 is 11.6 Å². The summed E-state index contributed by atoms with van der Waals surface area (Å²) < 4.78 is 10.7. The van der Waals surface area contributed by atoms with E-state index in [-0.39, 0.29) is 6.61 Å². The van der Waals surface area contributed by atoms with Gasteiger partial charge >= 0.3 is 0 Å². The van der Waals surface area contributed by atoms with Crippen LogP contribution in [0.15, 0.2) is 42.6 Å². The second-order valence-electron chi connectivity index (χ2n) is 3.72. The van der Waals surface area contributed by atoms with Gasteiger partial charge in [0.1, 0.15) is 12.4 Å². The molecule has 0 N–H and O–H groups in total. The van der Waals surface area contributed by atoms with Crippen LogP contribution in [0.2, 0.25) is 0 Å². The molecule has 1 aromatic heterocycles. The summed E-state index contributed by atoms with van der Waals surface area (Å²) in [5.41, 5.74) is 0.979. The van der Waals surface area contributed by atoms with E-state index in [1.165, 1.54) is 7.11 Å². The molecule has 1 aromatic carbocycles. The molecule has 0 aliphatic rings. The molecule has 98 valence electrons. The highest BCUT2D eigenvalue weighted by atomic mass is 35.5. The van der Waals surface area contributed by atoms with Crippen molar-refractivity contribution in [2.45, 2.75) is 6.61 Å². The van der Waals surface area contributed by atoms with Crippen molar-refractivity contribution in [3.63, 3.8) is 0 Å². The summed E-state index contributed by atoms with van der Waals surface area (Å²) >= 11 is 5.55. The zero-order valence-corrected chi connectivity index (χ0v) is 11.1. The highest BCUT2D eigenvalue weighted by Gasteiger charge is 2.14. The largest absolute Gasteiger partial charge is 0.496 e. The molecular weight excluding hydrogens is 266 g/mol. The molecule has 2 aromatic rings. The van der Waals surface area contributed by atoms with Gasteiger partial charge in [-0.1, -0.05) is 12.1 Å². The third kappa shape index (κ3) is 3.23. The smallest absolute Gasteiger partial charge is 0.252 e. The van der Waals surface area contributed by atoms with E-state index in [0.29, 0.717) is 22.8 Å². The normalized spacial score (nSPS) is 10.0. The SMILES string of the molecule is COc1cccc(C(=O)Cl)c1COc1ccccn1. The summed E-state index contributed by atoms with van der Waals surface area (Å²) in [5, 5.41) is -0.543. The van der Waals surface area contributed by atoms with E-state index in [9.17, 15) is 4.79 Å². The maximum absolute atomic E-state index is 11.4. The molecule has 0 saturated carbocycles. The molecule has 0 unspecified atom stereocenters. The lowest BCUT2D eigenvalue weighted by atomic mass is 10.1. The van der Waals surface area contributed by atoms with E-state index in [1.807, 2.05) is 6.07 Å². The van der Waals surface area contributed by atoms with E-state index < -0.39 is 5.24 Å². The van der Waals surface area contributed by atoms with E-state index in [2.05, 4.69) is 4.98 Å². The van der Waals surface area contributed by atoms with Gasteiger partial charge in [0.25, 0.3) is 5.24 Å². The Hall–Kier alpha value is -2.07. The van der Waals surface area contributed by atoms with Crippen LogP contribution in [-0.2, 0) is 6.61 Å². The highest BCUT2D eigenvalue weighted by Crippen LogP contribution is 2.25. The van der Waals surface area contributed by atoms with Crippen LogP contribution in [0.5, 0.6) is 11.6 Å². The quantitative estimate of drug-likeness (QED) is 0.788. The average molecular weight is 278 g/mol. The predicted molar refractivity (Wildman–Crippen MR) is 71.7 cm³/mol. The highest BCUT2D eigenvalue weighted by molar-refractivity contribution is 6.68. The number of aromatic nitrogens is 1. The van der Waals surface area contributed by atoms with Crippen molar-refractivity contribution in [2.75, 3.05) is 7.11 Å². The first-order chi connectivity index (χ1) is 9.22. The van der Waals surface area contributed by atoms with Crippen LogP contribution in [0.4, 0.5) is 0 Å². The molecule has 2 rings (SSSR count). The van der Waals surface area contributed by atoms with Crippen molar-refractivity contribution >= 4 is 16.8 Å². The first-order valence-corrected chi connectivity index (χ1v) is 5.99. The van der Waals surface area contributed by atoms with Gasteiger partial charge in [0.15, 0.2) is 0 Å². The van der Waals surface area contributed by atoms with Gasteiger partial charge in [-0.3, -0.25) is 4.79 Å². The van der Waals surface area contributed by atoms with Gasteiger partial charge in [0, 0.05) is 23.4 Å². The fraction of sp³-hybridized carbons (Fsp3) is 0.143. The Morgan fingerprint density at radius 3 is 2.74 bits per heavy atom. The lowest BCUT2D eigenvalue weighted by molar-refractivity contribution is 0.107. The van der Waals surface area contributed by atoms with Crippen LogP contribution in [0.3, 0.4) is 0 Å². The lowest BCUT2D eigenvalue weighted by Crippen LogP contribution is -2.05. The molecule has 0 aliphatic heterocycles. The first kappa shape index (κ1) is 13.4. The van der Waals surface area contributed by atoms with Gasteiger partial charge < -0.3 is 9.47 Å². The van der Waals surface area contributed by atoms with Crippen LogP contribution in [0.1, 0.15) is 15.9 Å². The molecule has 0 radical (unpaired) electrons. The number of halogens is 1. The first-order valence-electron chi connectivity index (χ1n) is 5.62. The van der Waals surface area contributed by atoms with Crippen LogP contribution < -0.4 is 9.47 Å². The second kappa shape index (κ2) is 6.20. The molecule has 19 heavy (non-hydrogen) atoms. The second-order valence-corrected chi connectivity index (χ2v) is 4.06. The average Bonchev–Trinajstić information content (AvgIpc) is 2.45. The third-order valence-corrected chi connectivity index (χ3v) is 2.77. The number of carbonyl (C=O) groups excluding carboxylic acids is 1. The topological polar surface area (TPSA) is 48.4 Å². The van der Waals surface area contributed by atoms with E-state index in [4.69, 9.17) is 21.1 Å². The van der Waals surface area contributed by atoms with E-state index >= 15 is 0 Å². The summed E-state index contributed by atoms with van der Waals surface area (Å²) in [6.07, 6.45) is 1.63. The van der Waals surface area contributed by atoms with Crippen molar-refractivity contribution in [1.29, 1.82) is 0 Å². The Bertz CT molecular complexity index is 572. The van der Waals surface area contributed by atoms with Gasteiger partial charge in [-0.25, -0.2) is 4.98 Å². The summed E-state index contributed by atoms with van der Waals surface area (Å²) in [5.74, 6) is 1.03. The Kier molecular flexibility index (Phi) is 4.36. The minimum atomic E-state index is -0.543. The third-order valence-electron chi connectivity index (χ3n) is 2.57. The maximum Gasteiger partial charge on any atom is 0.252 e. The molecule has 0 fully saturated rings. The molecule has 0 spiro atoms. The predicted octanol–water partition coefficient (Wildman–Crippen LogP) is 3.05. The number of rotatable bonds is 5. The number of pyridine rings is 1. The molecule has 4 nitrogen and oxygen atoms in total. The molecule has 1 heterocycles. The molecule has 0 saturated heterocycles. The minimum Gasteiger partial charge on any atom is -0.496 e. The van der Waals surface area contributed by atoms with Crippen molar-refractivity contribution in [3.8, 4) is 11.6 Å². The Morgan fingerprint density at radius 1 is 1.26 bits per heavy atom. The fourth-order valence-electron chi connectivity index (χ4n) is 1.67. The Morgan fingerprint density at radius 2 is 2.11 bits per heavy atom. The van der Waals surface area contributed by atoms with Crippen LogP contribution in [-0.4, -0.2) is 17.3 Å². The molecule has 5 heteroatoms. The molecule has 0 amide bonds. The summed E-state index contributed by atoms with van der Waals surface area (Å²) in [4.78, 5) is 15.4. The Labute approximate surface area is 115 Å². The van der Waals surface area contributed by atoms with Crippen molar-refractivity contribution in [3.05, 3.63) is 53.7 Å². The van der Waals surface area contributed by atoms with E-state index in [1.54, 1.807) is 36.5 Å². The number of hydrogen-bond acceptors (Lipinski definition) is 4. The maximum atomic E-state index is 11.4. The van der Waals surface area contributed by atoms with Crippen LogP contribution in [0, 0.1) is 0 Å². The van der Waals surface area contributed by atoms with Gasteiger partial charge in [-0.05, 0) is 29.8 Å².